The van der Waals surface area contributed by atoms with Crippen LogP contribution in [-0.4, -0.2) is 20.6 Å². The van der Waals surface area contributed by atoms with Crippen LogP contribution in [0.25, 0.3) is 11.0 Å². The van der Waals surface area contributed by atoms with Gasteiger partial charge in [-0.3, -0.25) is 4.79 Å². The van der Waals surface area contributed by atoms with Crippen LogP contribution in [0.5, 0.6) is 0 Å². The van der Waals surface area contributed by atoms with Crippen molar-refractivity contribution in [2.45, 2.75) is 23.9 Å². The van der Waals surface area contributed by atoms with Crippen molar-refractivity contribution in [3.63, 3.8) is 0 Å². The molecule has 0 aliphatic rings. The molecule has 0 bridgehead atoms. The molecule has 0 radical (unpaired) electrons. The fourth-order valence-electron chi connectivity index (χ4n) is 2.57. The van der Waals surface area contributed by atoms with Gasteiger partial charge >= 0.3 is 0 Å². The minimum atomic E-state index is -0.850. The van der Waals surface area contributed by atoms with E-state index in [9.17, 15) is 13.6 Å². The minimum absolute atomic E-state index is 0.118. The Morgan fingerprint density at radius 3 is 2.80 bits per heavy atom. The highest BCUT2D eigenvalue weighted by Gasteiger charge is 2.23. The molecule has 128 valence electrons. The van der Waals surface area contributed by atoms with Crippen molar-refractivity contribution >= 4 is 28.6 Å². The lowest BCUT2D eigenvalue weighted by atomic mass is 10.1. The Balaban J connectivity index is 1.91. The predicted molar refractivity (Wildman–Crippen MR) is 95.9 cm³/mol. The molecule has 1 atom stereocenters. The second-order valence-corrected chi connectivity index (χ2v) is 6.84. The molecule has 3 rings (SSSR count). The maximum atomic E-state index is 13.9. The van der Waals surface area contributed by atoms with Gasteiger partial charge in [0.25, 0.3) is 0 Å². The van der Waals surface area contributed by atoms with Gasteiger partial charge in [0, 0.05) is 12.6 Å². The summed E-state index contributed by atoms with van der Waals surface area (Å²) < 4.78 is 28.9. The molecule has 2 aromatic carbocycles. The molecule has 1 heterocycles. The number of imidazole rings is 1. The maximum absolute atomic E-state index is 13.9. The van der Waals surface area contributed by atoms with Crippen LogP contribution in [0.4, 0.5) is 8.78 Å². The van der Waals surface area contributed by atoms with Gasteiger partial charge < -0.3 is 4.57 Å². The lowest BCUT2D eigenvalue weighted by Crippen LogP contribution is -2.16. The molecule has 25 heavy (non-hydrogen) atoms. The van der Waals surface area contributed by atoms with Gasteiger partial charge in [0.2, 0.25) is 0 Å². The van der Waals surface area contributed by atoms with Crippen molar-refractivity contribution in [1.82, 2.24) is 9.55 Å². The van der Waals surface area contributed by atoms with Gasteiger partial charge in [-0.05, 0) is 31.2 Å². The number of aromatic nitrogens is 2. The van der Waals surface area contributed by atoms with Crippen LogP contribution in [0.15, 0.2) is 60.3 Å². The van der Waals surface area contributed by atoms with Crippen molar-refractivity contribution < 1.29 is 13.6 Å². The topological polar surface area (TPSA) is 34.9 Å². The Labute approximate surface area is 148 Å². The first-order chi connectivity index (χ1) is 12.0. The van der Waals surface area contributed by atoms with Crippen LogP contribution in [0, 0.1) is 11.6 Å². The normalized spacial score (nSPS) is 12.3. The van der Waals surface area contributed by atoms with Crippen LogP contribution >= 0.6 is 11.8 Å². The van der Waals surface area contributed by atoms with Crippen molar-refractivity contribution in [1.29, 1.82) is 0 Å². The molecule has 3 nitrogen and oxygen atoms in total. The van der Waals surface area contributed by atoms with E-state index in [1.807, 2.05) is 28.8 Å². The number of Topliss-reactive ketones (excluding diaryl/α,β-unsaturated/α-hetero) is 1. The zero-order valence-corrected chi connectivity index (χ0v) is 14.4. The standard InChI is InChI=1S/C19H16F2N2OS/c1-3-10-23-17-7-5-4-6-16(17)22-19(23)25-12(2)18(24)14-9-8-13(20)11-15(14)21/h3-9,11-12H,1,10H2,2H3. The van der Waals surface area contributed by atoms with Crippen molar-refractivity contribution in [2.24, 2.45) is 0 Å². The van der Waals surface area contributed by atoms with Crippen molar-refractivity contribution in [2.75, 3.05) is 0 Å². The fourth-order valence-corrected chi connectivity index (χ4v) is 3.57. The monoisotopic (exact) mass is 358 g/mol. The highest BCUT2D eigenvalue weighted by molar-refractivity contribution is 8.00. The van der Waals surface area contributed by atoms with Gasteiger partial charge in [-0.2, -0.15) is 0 Å². The molecular weight excluding hydrogens is 342 g/mol. The van der Waals surface area contributed by atoms with Gasteiger partial charge in [-0.15, -0.1) is 6.58 Å². The molecule has 0 spiro atoms. The molecule has 1 aromatic heterocycles. The zero-order chi connectivity index (χ0) is 18.0. The van der Waals surface area contributed by atoms with Crippen molar-refractivity contribution in [3.05, 3.63) is 72.3 Å². The lowest BCUT2D eigenvalue weighted by molar-refractivity contribution is 0.0990. The Morgan fingerprint density at radius 2 is 2.08 bits per heavy atom. The second-order valence-electron chi connectivity index (χ2n) is 5.53. The van der Waals surface area contributed by atoms with Crippen LogP contribution in [0.1, 0.15) is 17.3 Å². The number of ketones is 1. The minimum Gasteiger partial charge on any atom is -0.315 e. The number of nitrogens with zero attached hydrogens (tertiary/aromatic N) is 2. The third-order valence-electron chi connectivity index (χ3n) is 3.78. The summed E-state index contributed by atoms with van der Waals surface area (Å²) >= 11 is 1.25. The molecule has 6 heteroatoms. The lowest BCUT2D eigenvalue weighted by Gasteiger charge is -2.12. The summed E-state index contributed by atoms with van der Waals surface area (Å²) in [5.41, 5.74) is 1.64. The van der Waals surface area contributed by atoms with E-state index in [-0.39, 0.29) is 5.56 Å². The summed E-state index contributed by atoms with van der Waals surface area (Å²) in [5, 5.41) is 0.0878. The summed E-state index contributed by atoms with van der Waals surface area (Å²) in [5.74, 6) is -1.96. The van der Waals surface area contributed by atoms with Crippen LogP contribution in [0.3, 0.4) is 0 Å². The number of allylic oxidation sites excluding steroid dienone is 1. The van der Waals surface area contributed by atoms with Crippen molar-refractivity contribution in [3.8, 4) is 0 Å². The largest absolute Gasteiger partial charge is 0.315 e. The Morgan fingerprint density at radius 1 is 1.32 bits per heavy atom. The number of hydrogen-bond acceptors (Lipinski definition) is 3. The Kier molecular flexibility index (Phi) is 4.99. The molecule has 0 N–H and O–H groups in total. The number of benzene rings is 2. The first-order valence-corrected chi connectivity index (χ1v) is 8.61. The third-order valence-corrected chi connectivity index (χ3v) is 4.87. The van der Waals surface area contributed by atoms with Gasteiger partial charge in [0.05, 0.1) is 21.8 Å². The highest BCUT2D eigenvalue weighted by Crippen LogP contribution is 2.29. The Hall–Kier alpha value is -2.47. The van der Waals surface area contributed by atoms with Crippen LogP contribution < -0.4 is 0 Å². The molecule has 0 fully saturated rings. The molecule has 3 aromatic rings. The second kappa shape index (κ2) is 7.19. The predicted octanol–water partition coefficient (Wildman–Crippen LogP) is 4.86. The number of hydrogen-bond donors (Lipinski definition) is 0. The van der Waals surface area contributed by atoms with E-state index in [0.29, 0.717) is 11.7 Å². The maximum Gasteiger partial charge on any atom is 0.178 e. The first-order valence-electron chi connectivity index (χ1n) is 7.73. The molecule has 0 saturated carbocycles. The summed E-state index contributed by atoms with van der Waals surface area (Å²) in [6.45, 7) is 5.99. The fraction of sp³-hybridized carbons (Fsp3) is 0.158. The summed E-state index contributed by atoms with van der Waals surface area (Å²) in [4.78, 5) is 17.1. The van der Waals surface area contributed by atoms with Gasteiger partial charge in [-0.1, -0.05) is 30.0 Å². The van der Waals surface area contributed by atoms with Gasteiger partial charge in [0.15, 0.2) is 10.9 Å². The smallest absolute Gasteiger partial charge is 0.178 e. The molecule has 1 unspecified atom stereocenters. The SMILES string of the molecule is C=CCn1c(SC(C)C(=O)c2ccc(F)cc2F)nc2ccccc21. The number of halogens is 2. The van der Waals surface area contributed by atoms with E-state index in [2.05, 4.69) is 11.6 Å². The number of carbonyl (C=O) groups is 1. The molecule has 0 amide bonds. The summed E-state index contributed by atoms with van der Waals surface area (Å²) in [6, 6.07) is 10.6. The van der Waals surface area contributed by atoms with Gasteiger partial charge in [0.1, 0.15) is 11.6 Å². The highest BCUT2D eigenvalue weighted by atomic mass is 32.2. The average Bonchev–Trinajstić information content (AvgIpc) is 2.92. The zero-order valence-electron chi connectivity index (χ0n) is 13.6. The number of rotatable bonds is 6. The van der Waals surface area contributed by atoms with E-state index < -0.39 is 22.7 Å². The number of carbonyl (C=O) groups excluding carboxylic acids is 1. The quantitative estimate of drug-likeness (QED) is 0.358. The number of para-hydroxylation sites is 2. The number of fused-ring (bicyclic) bond motifs is 1. The molecule has 0 aliphatic heterocycles. The van der Waals surface area contributed by atoms with E-state index >= 15 is 0 Å². The van der Waals surface area contributed by atoms with E-state index in [1.54, 1.807) is 13.0 Å². The van der Waals surface area contributed by atoms with E-state index in [0.717, 1.165) is 23.2 Å². The Bertz CT molecular complexity index is 952. The van der Waals surface area contributed by atoms with E-state index in [1.165, 1.54) is 17.8 Å². The first kappa shape index (κ1) is 17.4. The summed E-state index contributed by atoms with van der Waals surface area (Å²) in [6.07, 6.45) is 1.75. The van der Waals surface area contributed by atoms with E-state index in [4.69, 9.17) is 0 Å². The van der Waals surface area contributed by atoms with Gasteiger partial charge in [-0.25, -0.2) is 13.8 Å². The molecular formula is C19H16F2N2OS. The third kappa shape index (κ3) is 3.49. The molecule has 0 saturated heterocycles. The summed E-state index contributed by atoms with van der Waals surface area (Å²) in [7, 11) is 0. The number of thioether (sulfide) groups is 1. The van der Waals surface area contributed by atoms with Crippen LogP contribution in [-0.2, 0) is 6.54 Å². The average molecular weight is 358 g/mol. The molecule has 0 aliphatic carbocycles. The van der Waals surface area contributed by atoms with Crippen LogP contribution in [0.2, 0.25) is 0 Å².